The Kier molecular flexibility index (Phi) is 5.47. The molecule has 0 fully saturated rings. The minimum Gasteiger partial charge on any atom is -0.306 e. The third-order valence-electron chi connectivity index (χ3n) is 3.74. The molecule has 0 saturated carbocycles. The van der Waals surface area contributed by atoms with Crippen molar-refractivity contribution in [3.63, 3.8) is 0 Å². The van der Waals surface area contributed by atoms with Crippen molar-refractivity contribution in [3.8, 4) is 0 Å². The Balaban J connectivity index is 2.53. The molecule has 1 aromatic rings. The summed E-state index contributed by atoms with van der Waals surface area (Å²) < 4.78 is 0. The molecule has 1 heterocycles. The summed E-state index contributed by atoms with van der Waals surface area (Å²) in [7, 11) is 0. The molecular formula is C19H22N4O. The molecule has 1 aliphatic rings. The van der Waals surface area contributed by atoms with Crippen LogP contribution >= 0.6 is 0 Å². The van der Waals surface area contributed by atoms with Gasteiger partial charge in [0.15, 0.2) is 0 Å². The van der Waals surface area contributed by atoms with Crippen LogP contribution in [0.15, 0.2) is 60.7 Å². The van der Waals surface area contributed by atoms with Gasteiger partial charge in [0.2, 0.25) is 5.91 Å². The maximum absolute atomic E-state index is 12.7. The molecule has 0 radical (unpaired) electrons. The van der Waals surface area contributed by atoms with E-state index in [-0.39, 0.29) is 24.0 Å². The predicted octanol–water partition coefficient (Wildman–Crippen LogP) is 3.89. The van der Waals surface area contributed by atoms with Gasteiger partial charge in [0.1, 0.15) is 11.7 Å². The number of amides is 1. The molecule has 1 amide bonds. The number of nitrogens with zero attached hydrogens (tertiary/aromatic N) is 2. The van der Waals surface area contributed by atoms with Crippen LogP contribution in [0.3, 0.4) is 0 Å². The summed E-state index contributed by atoms with van der Waals surface area (Å²) in [4.78, 5) is 15.9. The summed E-state index contributed by atoms with van der Waals surface area (Å²) in [5.41, 5.74) is 2.28. The van der Waals surface area contributed by atoms with Crippen LogP contribution in [0.5, 0.6) is 0 Å². The minimum absolute atomic E-state index is 0.0427. The average Bonchev–Trinajstić information content (AvgIpc) is 2.65. The first-order valence-electron chi connectivity index (χ1n) is 7.76. The van der Waals surface area contributed by atoms with Gasteiger partial charge in [0.05, 0.1) is 24.3 Å². The number of allylic oxidation sites excluding steroid dienone is 3. The van der Waals surface area contributed by atoms with E-state index >= 15 is 0 Å². The third-order valence-corrected chi connectivity index (χ3v) is 3.74. The van der Waals surface area contributed by atoms with Crippen LogP contribution in [0.2, 0.25) is 0 Å². The number of nitrogens with one attached hydrogen (secondary N) is 2. The van der Waals surface area contributed by atoms with E-state index in [1.807, 2.05) is 49.4 Å². The Bertz CT molecular complexity index is 745. The van der Waals surface area contributed by atoms with E-state index in [0.717, 1.165) is 5.57 Å². The molecule has 1 aliphatic heterocycles. The van der Waals surface area contributed by atoms with Crippen molar-refractivity contribution in [2.75, 3.05) is 16.3 Å². The van der Waals surface area contributed by atoms with Gasteiger partial charge >= 0.3 is 0 Å². The number of carbonyl (C=O) groups excluding carboxylic acids is 1. The van der Waals surface area contributed by atoms with Gasteiger partial charge < -0.3 is 4.90 Å². The Hall–Kier alpha value is -2.95. The first-order chi connectivity index (χ1) is 11.5. The average molecular weight is 322 g/mol. The Morgan fingerprint density at radius 3 is 2.58 bits per heavy atom. The number of anilines is 2. The van der Waals surface area contributed by atoms with E-state index < -0.39 is 0 Å². The molecule has 5 heteroatoms. The summed E-state index contributed by atoms with van der Waals surface area (Å²) in [5, 5.41) is 16.2. The smallest absolute Gasteiger partial charge is 0.234 e. The molecular weight excluding hydrogens is 300 g/mol. The van der Waals surface area contributed by atoms with Crippen LogP contribution in [0.25, 0.3) is 0 Å². The van der Waals surface area contributed by atoms with Gasteiger partial charge in [-0.15, -0.1) is 0 Å². The topological polar surface area (TPSA) is 71.2 Å². The normalized spacial score (nSPS) is 15.5. The second-order valence-electron chi connectivity index (χ2n) is 5.48. The monoisotopic (exact) mass is 322 g/mol. The summed E-state index contributed by atoms with van der Waals surface area (Å²) in [5.74, 6) is 0.167. The molecule has 0 atom stereocenters. The zero-order valence-corrected chi connectivity index (χ0v) is 14.0. The van der Waals surface area contributed by atoms with E-state index in [1.165, 1.54) is 4.90 Å². The van der Waals surface area contributed by atoms with Crippen LogP contribution in [0.1, 0.15) is 20.3 Å². The van der Waals surface area contributed by atoms with Crippen LogP contribution in [0.4, 0.5) is 11.4 Å². The SMILES string of the molecule is C=C/C(=C\C=C/C)CN1C(=O)CC(=N)N(C(C)=N)c2ccccc21. The summed E-state index contributed by atoms with van der Waals surface area (Å²) in [6, 6.07) is 7.38. The zero-order chi connectivity index (χ0) is 17.7. The lowest BCUT2D eigenvalue weighted by atomic mass is 10.1. The first-order valence-corrected chi connectivity index (χ1v) is 7.76. The lowest BCUT2D eigenvalue weighted by Crippen LogP contribution is -2.35. The molecule has 0 unspecified atom stereocenters. The summed E-state index contributed by atoms with van der Waals surface area (Å²) >= 11 is 0. The fraction of sp³-hybridized carbons (Fsp3) is 0.211. The quantitative estimate of drug-likeness (QED) is 0.501. The second-order valence-corrected chi connectivity index (χ2v) is 5.48. The molecule has 0 spiro atoms. The van der Waals surface area contributed by atoms with Crippen molar-refractivity contribution in [1.82, 2.24) is 0 Å². The number of hydrogen-bond acceptors (Lipinski definition) is 3. The van der Waals surface area contributed by atoms with Crippen LogP contribution in [-0.2, 0) is 4.79 Å². The van der Waals surface area contributed by atoms with Crippen molar-refractivity contribution >= 4 is 29.0 Å². The number of rotatable bonds is 4. The van der Waals surface area contributed by atoms with E-state index in [4.69, 9.17) is 10.8 Å². The molecule has 1 aromatic carbocycles. The molecule has 2 rings (SSSR count). The van der Waals surface area contributed by atoms with Gasteiger partial charge in [0, 0.05) is 0 Å². The number of benzene rings is 1. The largest absolute Gasteiger partial charge is 0.306 e. The van der Waals surface area contributed by atoms with Gasteiger partial charge in [-0.25, -0.2) is 0 Å². The van der Waals surface area contributed by atoms with Crippen molar-refractivity contribution in [2.45, 2.75) is 20.3 Å². The van der Waals surface area contributed by atoms with E-state index in [1.54, 1.807) is 17.9 Å². The Morgan fingerprint density at radius 1 is 1.33 bits per heavy atom. The second kappa shape index (κ2) is 7.55. The predicted molar refractivity (Wildman–Crippen MR) is 100 cm³/mol. The highest BCUT2D eigenvalue weighted by atomic mass is 16.2. The maximum atomic E-state index is 12.7. The van der Waals surface area contributed by atoms with Crippen molar-refractivity contribution in [3.05, 3.63) is 60.7 Å². The number of para-hydroxylation sites is 2. The van der Waals surface area contributed by atoms with Crippen molar-refractivity contribution in [2.24, 2.45) is 0 Å². The molecule has 0 bridgehead atoms. The van der Waals surface area contributed by atoms with Gasteiger partial charge in [0.25, 0.3) is 0 Å². The van der Waals surface area contributed by atoms with Gasteiger partial charge in [-0.1, -0.05) is 43.0 Å². The molecule has 0 aliphatic carbocycles. The Labute approximate surface area is 142 Å². The van der Waals surface area contributed by atoms with Crippen molar-refractivity contribution < 1.29 is 4.79 Å². The zero-order valence-electron chi connectivity index (χ0n) is 14.0. The fourth-order valence-corrected chi connectivity index (χ4v) is 2.62. The fourth-order valence-electron chi connectivity index (χ4n) is 2.62. The number of amidine groups is 2. The van der Waals surface area contributed by atoms with Crippen LogP contribution in [-0.4, -0.2) is 24.1 Å². The number of fused-ring (bicyclic) bond motifs is 1. The molecule has 5 nitrogen and oxygen atoms in total. The molecule has 24 heavy (non-hydrogen) atoms. The highest BCUT2D eigenvalue weighted by Crippen LogP contribution is 2.33. The first kappa shape index (κ1) is 17.4. The highest BCUT2D eigenvalue weighted by molar-refractivity contribution is 6.25. The molecule has 0 aromatic heterocycles. The van der Waals surface area contributed by atoms with Crippen molar-refractivity contribution in [1.29, 1.82) is 10.8 Å². The van der Waals surface area contributed by atoms with E-state index in [0.29, 0.717) is 17.9 Å². The molecule has 124 valence electrons. The Morgan fingerprint density at radius 2 is 2.00 bits per heavy atom. The summed E-state index contributed by atoms with van der Waals surface area (Å²) in [6.45, 7) is 7.74. The van der Waals surface area contributed by atoms with Crippen LogP contribution < -0.4 is 9.80 Å². The standard InChI is InChI=1S/C19H22N4O/c1-4-6-9-15(5-2)13-22-16-10-7-8-11-17(16)23(14(3)20)18(21)12-19(22)24/h4-11,20-21H,2,12-13H2,1,3H3/b6-4-,15-9+,20-14?,21-18?. The number of hydrogen-bond donors (Lipinski definition) is 2. The number of carbonyl (C=O) groups is 1. The van der Waals surface area contributed by atoms with Gasteiger partial charge in [-0.05, 0) is 31.6 Å². The maximum Gasteiger partial charge on any atom is 0.234 e. The van der Waals surface area contributed by atoms with E-state index in [9.17, 15) is 4.79 Å². The molecule has 2 N–H and O–H groups in total. The minimum atomic E-state index is -0.163. The van der Waals surface area contributed by atoms with Crippen LogP contribution in [0, 0.1) is 10.8 Å². The van der Waals surface area contributed by atoms with E-state index in [2.05, 4.69) is 6.58 Å². The molecule has 0 saturated heterocycles. The summed E-state index contributed by atoms with van der Waals surface area (Å²) in [6.07, 6.45) is 7.42. The lowest BCUT2D eigenvalue weighted by Gasteiger charge is -2.25. The third kappa shape index (κ3) is 3.51. The van der Waals surface area contributed by atoms with Gasteiger partial charge in [-0.2, -0.15) is 0 Å². The highest BCUT2D eigenvalue weighted by Gasteiger charge is 2.30. The van der Waals surface area contributed by atoms with Gasteiger partial charge in [-0.3, -0.25) is 20.5 Å². The lowest BCUT2D eigenvalue weighted by molar-refractivity contribution is -0.117.